The predicted octanol–water partition coefficient (Wildman–Crippen LogP) is 2.56. The summed E-state index contributed by atoms with van der Waals surface area (Å²) in [5, 5.41) is 11.3. The van der Waals surface area contributed by atoms with Crippen LogP contribution in [0.4, 0.5) is 10.1 Å². The lowest BCUT2D eigenvalue weighted by molar-refractivity contribution is -0.169. The summed E-state index contributed by atoms with van der Waals surface area (Å²) in [6.45, 7) is 2.72. The fourth-order valence-corrected chi connectivity index (χ4v) is 3.37. The molecule has 2 aliphatic heterocycles. The van der Waals surface area contributed by atoms with Gasteiger partial charge in [-0.05, 0) is 17.7 Å². The first-order valence-corrected chi connectivity index (χ1v) is 8.44. The highest BCUT2D eigenvalue weighted by Crippen LogP contribution is 2.34. The molecule has 1 aromatic carbocycles. The molecule has 136 valence electrons. The van der Waals surface area contributed by atoms with Gasteiger partial charge in [-0.15, -0.1) is 5.10 Å². The van der Waals surface area contributed by atoms with Gasteiger partial charge in [0.05, 0.1) is 43.0 Å². The number of halogens is 1. The minimum Gasteiger partial charge on any atom is -0.369 e. The van der Waals surface area contributed by atoms with Crippen LogP contribution >= 0.6 is 0 Å². The van der Waals surface area contributed by atoms with E-state index in [4.69, 9.17) is 15.0 Å². The smallest absolute Gasteiger partial charge is 0.171 e. The van der Waals surface area contributed by atoms with E-state index in [2.05, 4.69) is 20.3 Å². The number of piperidine rings is 1. The fraction of sp³-hybridized carbons (Fsp3) is 0.500. The van der Waals surface area contributed by atoms with E-state index >= 15 is 0 Å². The van der Waals surface area contributed by atoms with Crippen LogP contribution in [0, 0.1) is 5.82 Å². The zero-order valence-corrected chi connectivity index (χ0v) is 14.1. The van der Waals surface area contributed by atoms with Gasteiger partial charge < -0.3 is 14.4 Å². The number of anilines is 1. The molecule has 0 atom stereocenters. The third-order valence-corrected chi connectivity index (χ3v) is 4.71. The molecule has 1 aromatic heterocycles. The molecule has 0 radical (unpaired) electrons. The minimum atomic E-state index is -0.476. The molecule has 0 bridgehead atoms. The summed E-state index contributed by atoms with van der Waals surface area (Å²) in [6.07, 6.45) is 3.06. The molecule has 1 spiro atoms. The number of azide groups is 1. The summed E-state index contributed by atoms with van der Waals surface area (Å²) in [4.78, 5) is 4.69. The molecule has 3 heterocycles. The highest BCUT2D eigenvalue weighted by atomic mass is 19.1. The first kappa shape index (κ1) is 16.8. The van der Waals surface area contributed by atoms with E-state index in [0.29, 0.717) is 43.4 Å². The van der Waals surface area contributed by atoms with Gasteiger partial charge in [0.1, 0.15) is 5.82 Å². The number of hydrogen-bond acceptors (Lipinski definition) is 6. The summed E-state index contributed by atoms with van der Waals surface area (Å²) in [6, 6.07) is 4.96. The van der Waals surface area contributed by atoms with Crippen LogP contribution in [0.1, 0.15) is 18.5 Å². The standard InChI is InChI=1S/C16H18FN7O2/c17-14-9-13(24-11-12(20-22-24)10-19-21-18)1-2-15(14)23-5-3-16(4-6-23)25-7-8-26-16/h1-2,9,11H,3-8,10H2. The average Bonchev–Trinajstić information content (AvgIpc) is 3.31. The van der Waals surface area contributed by atoms with Crippen LogP contribution in [0.25, 0.3) is 16.1 Å². The van der Waals surface area contributed by atoms with Crippen LogP contribution in [0.3, 0.4) is 0 Å². The zero-order chi connectivity index (χ0) is 18.0. The van der Waals surface area contributed by atoms with Crippen molar-refractivity contribution < 1.29 is 13.9 Å². The largest absolute Gasteiger partial charge is 0.369 e. The van der Waals surface area contributed by atoms with Crippen LogP contribution < -0.4 is 4.90 Å². The Bertz CT molecular complexity index is 833. The van der Waals surface area contributed by atoms with E-state index in [9.17, 15) is 4.39 Å². The summed E-state index contributed by atoms with van der Waals surface area (Å²) >= 11 is 0. The third kappa shape index (κ3) is 3.22. The lowest BCUT2D eigenvalue weighted by Crippen LogP contribution is -2.45. The second-order valence-electron chi connectivity index (χ2n) is 6.27. The fourth-order valence-electron chi connectivity index (χ4n) is 3.37. The first-order chi connectivity index (χ1) is 12.7. The second-order valence-corrected chi connectivity index (χ2v) is 6.27. The molecule has 4 rings (SSSR count). The first-order valence-electron chi connectivity index (χ1n) is 8.44. The second kappa shape index (κ2) is 6.91. The topological polar surface area (TPSA) is 101 Å². The van der Waals surface area contributed by atoms with Crippen molar-refractivity contribution in [1.82, 2.24) is 15.0 Å². The summed E-state index contributed by atoms with van der Waals surface area (Å²) < 4.78 is 27.5. The Labute approximate surface area is 148 Å². The molecule has 0 N–H and O–H groups in total. The van der Waals surface area contributed by atoms with Crippen molar-refractivity contribution in [2.24, 2.45) is 5.11 Å². The molecule has 0 unspecified atom stereocenters. The number of ether oxygens (including phenoxy) is 2. The van der Waals surface area contributed by atoms with E-state index in [1.807, 2.05) is 4.90 Å². The predicted molar refractivity (Wildman–Crippen MR) is 90.2 cm³/mol. The number of benzene rings is 1. The molecule has 0 aliphatic carbocycles. The number of nitrogens with zero attached hydrogens (tertiary/aromatic N) is 7. The molecular weight excluding hydrogens is 341 g/mol. The lowest BCUT2D eigenvalue weighted by Gasteiger charge is -2.38. The van der Waals surface area contributed by atoms with Gasteiger partial charge in [-0.1, -0.05) is 10.3 Å². The molecule has 10 heteroatoms. The van der Waals surface area contributed by atoms with Crippen LogP contribution in [0.5, 0.6) is 0 Å². The minimum absolute atomic E-state index is 0.108. The van der Waals surface area contributed by atoms with E-state index in [-0.39, 0.29) is 12.4 Å². The third-order valence-electron chi connectivity index (χ3n) is 4.71. The maximum Gasteiger partial charge on any atom is 0.171 e. The molecule has 2 fully saturated rings. The highest BCUT2D eigenvalue weighted by molar-refractivity contribution is 5.52. The Morgan fingerprint density at radius 2 is 2.04 bits per heavy atom. The Morgan fingerprint density at radius 1 is 1.27 bits per heavy atom. The molecule has 2 saturated heterocycles. The van der Waals surface area contributed by atoms with Crippen LogP contribution in [-0.2, 0) is 16.0 Å². The van der Waals surface area contributed by atoms with Crippen molar-refractivity contribution >= 4 is 5.69 Å². The van der Waals surface area contributed by atoms with Crippen LogP contribution in [-0.4, -0.2) is 47.1 Å². The number of rotatable bonds is 4. The molecule has 0 saturated carbocycles. The maximum atomic E-state index is 14.7. The van der Waals surface area contributed by atoms with Crippen molar-refractivity contribution in [2.75, 3.05) is 31.2 Å². The van der Waals surface area contributed by atoms with E-state index in [0.717, 1.165) is 12.8 Å². The summed E-state index contributed by atoms with van der Waals surface area (Å²) in [5.74, 6) is -0.797. The van der Waals surface area contributed by atoms with Gasteiger partial charge in [0.15, 0.2) is 5.79 Å². The van der Waals surface area contributed by atoms with Crippen molar-refractivity contribution in [3.8, 4) is 5.69 Å². The number of hydrogen-bond donors (Lipinski definition) is 0. The van der Waals surface area contributed by atoms with E-state index in [1.54, 1.807) is 18.3 Å². The lowest BCUT2D eigenvalue weighted by atomic mass is 10.0. The van der Waals surface area contributed by atoms with Crippen molar-refractivity contribution in [2.45, 2.75) is 25.2 Å². The van der Waals surface area contributed by atoms with Crippen molar-refractivity contribution in [1.29, 1.82) is 0 Å². The zero-order valence-electron chi connectivity index (χ0n) is 14.1. The molecule has 2 aliphatic rings. The van der Waals surface area contributed by atoms with Crippen LogP contribution in [0.2, 0.25) is 0 Å². The monoisotopic (exact) mass is 359 g/mol. The average molecular weight is 359 g/mol. The van der Waals surface area contributed by atoms with Gasteiger partial charge in [-0.3, -0.25) is 0 Å². The quantitative estimate of drug-likeness (QED) is 0.474. The molecule has 9 nitrogen and oxygen atoms in total. The van der Waals surface area contributed by atoms with Gasteiger partial charge in [-0.2, -0.15) is 0 Å². The van der Waals surface area contributed by atoms with Crippen molar-refractivity contribution in [3.63, 3.8) is 0 Å². The molecule has 0 amide bonds. The molecule has 2 aromatic rings. The normalized spacial score (nSPS) is 18.9. The van der Waals surface area contributed by atoms with Gasteiger partial charge in [-0.25, -0.2) is 9.07 Å². The van der Waals surface area contributed by atoms with Gasteiger partial charge in [0, 0.05) is 36.9 Å². The Morgan fingerprint density at radius 3 is 2.73 bits per heavy atom. The number of aromatic nitrogens is 3. The highest BCUT2D eigenvalue weighted by Gasteiger charge is 2.40. The van der Waals surface area contributed by atoms with Crippen molar-refractivity contribution in [3.05, 3.63) is 46.3 Å². The molecule has 26 heavy (non-hydrogen) atoms. The summed E-state index contributed by atoms with van der Waals surface area (Å²) in [7, 11) is 0. The molecular formula is C16H18FN7O2. The van der Waals surface area contributed by atoms with E-state index in [1.165, 1.54) is 10.7 Å². The Hall–Kier alpha value is -2.68. The van der Waals surface area contributed by atoms with Gasteiger partial charge in [0.2, 0.25) is 0 Å². The van der Waals surface area contributed by atoms with E-state index < -0.39 is 5.79 Å². The maximum absolute atomic E-state index is 14.7. The summed E-state index contributed by atoms with van der Waals surface area (Å²) in [5.41, 5.74) is 9.97. The van der Waals surface area contributed by atoms with Gasteiger partial charge >= 0.3 is 0 Å². The Kier molecular flexibility index (Phi) is 4.46. The van der Waals surface area contributed by atoms with Crippen LogP contribution in [0.15, 0.2) is 29.5 Å². The Balaban J connectivity index is 1.48. The van der Waals surface area contributed by atoms with Gasteiger partial charge in [0.25, 0.3) is 0 Å². The SMILES string of the molecule is [N-]=[N+]=NCc1cn(-c2ccc(N3CCC4(CC3)OCCO4)c(F)c2)nn1.